The molecule has 2 aliphatic rings. The second-order valence-corrected chi connectivity index (χ2v) is 11.9. The van der Waals surface area contributed by atoms with Crippen LogP contribution in [0.5, 0.6) is 0 Å². The van der Waals surface area contributed by atoms with Crippen molar-refractivity contribution >= 4 is 18.9 Å². The Morgan fingerprint density at radius 3 is 2.64 bits per heavy atom. The molecule has 4 heterocycles. The van der Waals surface area contributed by atoms with Gasteiger partial charge in [-0.25, -0.2) is 9.50 Å². The van der Waals surface area contributed by atoms with Crippen LogP contribution < -0.4 is 5.32 Å². The lowest BCUT2D eigenvalue weighted by molar-refractivity contribution is -0.100. The standard InChI is InChI=1S/C22H33N8O8P/c1-2-16-24-21(23-12-5-3-4-6-12)14-8-7-13(30(14)27-16)20-19(33)18(32)15(38-20)10-37-22(11-31,39(34,35)36)9-17-25-28-29-26-17/h7-8,12,15,18-20,31-33H,2-6,9-11H2,1H3,(H,23,24,27)(H2,34,35,36)(H,25,26,28,29)/t15-,18-,19-,20+,22?/m1/s1. The zero-order chi connectivity index (χ0) is 27.8. The number of H-pyrrole nitrogens is 1. The number of ether oxygens (including phenoxy) is 2. The van der Waals surface area contributed by atoms with E-state index in [0.29, 0.717) is 35.3 Å². The van der Waals surface area contributed by atoms with Gasteiger partial charge in [0.05, 0.1) is 25.3 Å². The summed E-state index contributed by atoms with van der Waals surface area (Å²) in [5.41, 5.74) is 1.17. The summed E-state index contributed by atoms with van der Waals surface area (Å²) in [6, 6.07) is 3.86. The molecule has 1 saturated carbocycles. The molecular weight excluding hydrogens is 535 g/mol. The average Bonchev–Trinajstić information content (AvgIpc) is 3.71. The Balaban J connectivity index is 1.38. The molecule has 16 nitrogen and oxygen atoms in total. The highest BCUT2D eigenvalue weighted by Crippen LogP contribution is 2.53. The van der Waals surface area contributed by atoms with E-state index in [-0.39, 0.29) is 5.82 Å². The largest absolute Gasteiger partial charge is 0.393 e. The fourth-order valence-electron chi connectivity index (χ4n) is 5.10. The Kier molecular flexibility index (Phi) is 7.99. The van der Waals surface area contributed by atoms with Crippen molar-refractivity contribution in [3.05, 3.63) is 29.5 Å². The van der Waals surface area contributed by atoms with Crippen LogP contribution in [0.15, 0.2) is 12.1 Å². The van der Waals surface area contributed by atoms with Gasteiger partial charge in [0.15, 0.2) is 22.8 Å². The SMILES string of the molecule is CCc1nc(NC2CCCC2)c2ccc([C@@H]3O[C@H](COC(CO)(Cc4nn[nH]n4)P(=O)(O)O)[C@@H](O)[C@H]3O)n2n1. The van der Waals surface area contributed by atoms with Gasteiger partial charge in [-0.15, -0.1) is 10.2 Å². The van der Waals surface area contributed by atoms with Crippen LogP contribution in [0.25, 0.3) is 5.52 Å². The molecule has 17 heteroatoms. The number of aromatic nitrogens is 7. The van der Waals surface area contributed by atoms with Crippen molar-refractivity contribution in [2.24, 2.45) is 0 Å². The first-order chi connectivity index (χ1) is 18.7. The van der Waals surface area contributed by atoms with Crippen LogP contribution in [0.4, 0.5) is 5.82 Å². The van der Waals surface area contributed by atoms with Crippen LogP contribution in [0.1, 0.15) is 56.1 Å². The smallest absolute Gasteiger partial charge is 0.359 e. The quantitative estimate of drug-likeness (QED) is 0.144. The molecule has 2 fully saturated rings. The number of hydrogen-bond acceptors (Lipinski definition) is 12. The van der Waals surface area contributed by atoms with Crippen molar-refractivity contribution in [3.8, 4) is 0 Å². The third-order valence-corrected chi connectivity index (χ3v) is 8.86. The number of aryl methyl sites for hydroxylation is 1. The first-order valence-corrected chi connectivity index (χ1v) is 14.5. The van der Waals surface area contributed by atoms with Gasteiger partial charge in [0.2, 0.25) is 0 Å². The maximum atomic E-state index is 12.3. The molecule has 0 aromatic carbocycles. The van der Waals surface area contributed by atoms with Crippen molar-refractivity contribution < 1.29 is 39.1 Å². The molecule has 5 rings (SSSR count). The highest BCUT2D eigenvalue weighted by molar-refractivity contribution is 7.53. The molecule has 1 saturated heterocycles. The maximum absolute atomic E-state index is 12.3. The molecule has 1 aliphatic carbocycles. The van der Waals surface area contributed by atoms with E-state index in [1.807, 2.05) is 13.0 Å². The molecule has 1 unspecified atom stereocenters. The third-order valence-electron chi connectivity index (χ3n) is 7.37. The van der Waals surface area contributed by atoms with Gasteiger partial charge in [0.1, 0.15) is 29.9 Å². The molecule has 0 amide bonds. The van der Waals surface area contributed by atoms with E-state index in [1.165, 1.54) is 0 Å². The number of aromatic amines is 1. The number of rotatable bonds is 11. The van der Waals surface area contributed by atoms with Crippen LogP contribution in [0, 0.1) is 0 Å². The Morgan fingerprint density at radius 2 is 2.00 bits per heavy atom. The minimum absolute atomic E-state index is 0.0914. The lowest BCUT2D eigenvalue weighted by atomic mass is 10.1. The van der Waals surface area contributed by atoms with E-state index >= 15 is 0 Å². The van der Waals surface area contributed by atoms with Gasteiger partial charge in [-0.3, -0.25) is 4.57 Å². The molecule has 7 N–H and O–H groups in total. The molecule has 0 spiro atoms. The molecule has 0 radical (unpaired) electrons. The minimum Gasteiger partial charge on any atom is -0.393 e. The summed E-state index contributed by atoms with van der Waals surface area (Å²) in [5.74, 6) is 1.18. The zero-order valence-corrected chi connectivity index (χ0v) is 22.2. The van der Waals surface area contributed by atoms with Crippen LogP contribution in [0.3, 0.4) is 0 Å². The van der Waals surface area contributed by atoms with Gasteiger partial charge in [-0.2, -0.15) is 10.3 Å². The number of hydrogen-bond donors (Lipinski definition) is 7. The predicted molar refractivity (Wildman–Crippen MR) is 134 cm³/mol. The Labute approximate surface area is 222 Å². The predicted octanol–water partition coefficient (Wildman–Crippen LogP) is -0.553. The van der Waals surface area contributed by atoms with E-state index < -0.39 is 57.0 Å². The van der Waals surface area contributed by atoms with E-state index in [0.717, 1.165) is 25.7 Å². The molecule has 5 atom stereocenters. The van der Waals surface area contributed by atoms with Crippen molar-refractivity contribution in [1.29, 1.82) is 0 Å². The van der Waals surface area contributed by atoms with Gasteiger partial charge >= 0.3 is 7.60 Å². The molecule has 3 aromatic rings. The first kappa shape index (κ1) is 28.0. The molecule has 214 valence electrons. The number of anilines is 1. The van der Waals surface area contributed by atoms with Gasteiger partial charge in [-0.1, -0.05) is 25.0 Å². The van der Waals surface area contributed by atoms with E-state index in [1.54, 1.807) is 10.6 Å². The number of aliphatic hydroxyl groups is 3. The molecule has 1 aliphatic heterocycles. The second kappa shape index (κ2) is 11.1. The molecule has 39 heavy (non-hydrogen) atoms. The van der Waals surface area contributed by atoms with Crippen molar-refractivity contribution in [2.45, 2.75) is 81.2 Å². The fraction of sp³-hybridized carbons (Fsp3) is 0.682. The van der Waals surface area contributed by atoms with Gasteiger partial charge < -0.3 is 39.9 Å². The zero-order valence-electron chi connectivity index (χ0n) is 21.3. The van der Waals surface area contributed by atoms with E-state index in [2.05, 4.69) is 36.0 Å². The van der Waals surface area contributed by atoms with Crippen molar-refractivity contribution in [1.82, 2.24) is 35.2 Å². The van der Waals surface area contributed by atoms with E-state index in [4.69, 9.17) is 9.47 Å². The topological polar surface area (TPSA) is 233 Å². The summed E-state index contributed by atoms with van der Waals surface area (Å²) in [6.07, 6.45) is -0.606. The number of nitrogens with one attached hydrogen (secondary N) is 2. The lowest BCUT2D eigenvalue weighted by Crippen LogP contribution is -2.43. The molecular formula is C22H33N8O8P. The van der Waals surface area contributed by atoms with Crippen LogP contribution in [-0.2, 0) is 26.9 Å². The molecule has 3 aromatic heterocycles. The Bertz CT molecular complexity index is 1310. The van der Waals surface area contributed by atoms with Crippen LogP contribution in [0.2, 0.25) is 0 Å². The number of tetrazole rings is 1. The molecule has 0 bridgehead atoms. The van der Waals surface area contributed by atoms with Crippen LogP contribution >= 0.6 is 7.60 Å². The fourth-order valence-corrected chi connectivity index (χ4v) is 5.87. The monoisotopic (exact) mass is 568 g/mol. The summed E-state index contributed by atoms with van der Waals surface area (Å²) in [7, 11) is -5.08. The first-order valence-electron chi connectivity index (χ1n) is 12.8. The third kappa shape index (κ3) is 5.43. The Morgan fingerprint density at radius 1 is 1.23 bits per heavy atom. The number of fused-ring (bicyclic) bond motifs is 1. The summed E-state index contributed by atoms with van der Waals surface area (Å²) in [6.45, 7) is 0.313. The van der Waals surface area contributed by atoms with Crippen LogP contribution in [-0.4, -0.2) is 103 Å². The van der Waals surface area contributed by atoms with Gasteiger partial charge in [-0.05, 0) is 25.0 Å². The van der Waals surface area contributed by atoms with Crippen molar-refractivity contribution in [2.75, 3.05) is 18.5 Å². The van der Waals surface area contributed by atoms with Gasteiger partial charge in [0.25, 0.3) is 0 Å². The average molecular weight is 569 g/mol. The maximum Gasteiger partial charge on any atom is 0.359 e. The summed E-state index contributed by atoms with van der Waals surface area (Å²) in [4.78, 5) is 24.6. The highest BCUT2D eigenvalue weighted by atomic mass is 31.2. The second-order valence-electron chi connectivity index (χ2n) is 9.95. The Hall–Kier alpha value is -2.56. The summed E-state index contributed by atoms with van der Waals surface area (Å²) < 4.78 is 25.4. The lowest BCUT2D eigenvalue weighted by Gasteiger charge is -2.32. The highest BCUT2D eigenvalue weighted by Gasteiger charge is 2.52. The summed E-state index contributed by atoms with van der Waals surface area (Å²) in [5, 5.41) is 50.2. The van der Waals surface area contributed by atoms with E-state index in [9.17, 15) is 29.7 Å². The van der Waals surface area contributed by atoms with Gasteiger partial charge in [0, 0.05) is 12.5 Å². The number of nitrogens with zero attached hydrogens (tertiary/aromatic N) is 6. The minimum atomic E-state index is -5.08. The number of aliphatic hydroxyl groups excluding tert-OH is 3. The summed E-state index contributed by atoms with van der Waals surface area (Å²) >= 11 is 0. The van der Waals surface area contributed by atoms with Crippen molar-refractivity contribution in [3.63, 3.8) is 0 Å². The normalized spacial score (nSPS) is 25.9.